The van der Waals surface area contributed by atoms with Crippen LogP contribution < -0.4 is 20.3 Å². The summed E-state index contributed by atoms with van der Waals surface area (Å²) in [6.45, 7) is 6.79. The predicted octanol–water partition coefficient (Wildman–Crippen LogP) is 4.09. The summed E-state index contributed by atoms with van der Waals surface area (Å²) in [5.41, 5.74) is 3.73. The molecule has 3 aromatic rings. The lowest BCUT2D eigenvalue weighted by atomic mass is 10.00. The number of nitrogens with one attached hydrogen (secondary N) is 3. The van der Waals surface area contributed by atoms with Crippen LogP contribution in [0.3, 0.4) is 0 Å². The van der Waals surface area contributed by atoms with E-state index in [1.807, 2.05) is 61.1 Å². The van der Waals surface area contributed by atoms with Crippen molar-refractivity contribution in [2.45, 2.75) is 58.3 Å². The summed E-state index contributed by atoms with van der Waals surface area (Å²) < 4.78 is 24.9. The van der Waals surface area contributed by atoms with Crippen molar-refractivity contribution in [3.63, 3.8) is 0 Å². The van der Waals surface area contributed by atoms with E-state index in [0.29, 0.717) is 43.1 Å². The molecular formula is C29H42N6O4S. The standard InChI is InChI=1S/C29H42N6O4S/c1-3-31-25-15-24(16-26(17-25)35-12-8-9-13-40(35,38)39)29(37)33-27(14-22-10-6-5-7-11-22)28(36)20-30-18-23-19-32-34(4-2)21-23/h5-7,10-11,15-17,19,21,27-28,30-31,36,38-39H,3-4,8-9,12-14,18,20H2,1-2H3,(H,33,37)/t27-,28+/m0/s1. The lowest BCUT2D eigenvalue weighted by Crippen LogP contribution is -2.48. The second kappa shape index (κ2) is 14.0. The van der Waals surface area contributed by atoms with Crippen molar-refractivity contribution in [3.05, 3.63) is 77.6 Å². The van der Waals surface area contributed by atoms with E-state index in [2.05, 4.69) is 21.0 Å². The van der Waals surface area contributed by atoms with Gasteiger partial charge < -0.3 is 21.1 Å². The van der Waals surface area contributed by atoms with Gasteiger partial charge in [-0.05, 0) is 56.9 Å². The van der Waals surface area contributed by atoms with Crippen molar-refractivity contribution in [2.24, 2.45) is 0 Å². The molecule has 1 saturated heterocycles. The monoisotopic (exact) mass is 570 g/mol. The van der Waals surface area contributed by atoms with E-state index in [9.17, 15) is 19.0 Å². The van der Waals surface area contributed by atoms with Gasteiger partial charge in [0.05, 0.1) is 29.8 Å². The molecule has 2 atom stereocenters. The fourth-order valence-electron chi connectivity index (χ4n) is 4.88. The van der Waals surface area contributed by atoms with E-state index in [4.69, 9.17) is 0 Å². The molecular weight excluding hydrogens is 528 g/mol. The summed E-state index contributed by atoms with van der Waals surface area (Å²) in [6, 6.07) is 14.5. The highest BCUT2D eigenvalue weighted by Crippen LogP contribution is 2.50. The van der Waals surface area contributed by atoms with Crippen LogP contribution in [0, 0.1) is 0 Å². The zero-order chi connectivity index (χ0) is 28.5. The zero-order valence-corrected chi connectivity index (χ0v) is 24.1. The van der Waals surface area contributed by atoms with Crippen LogP contribution in [0.4, 0.5) is 11.4 Å². The summed E-state index contributed by atoms with van der Waals surface area (Å²) >= 11 is 0. The molecule has 1 aliphatic heterocycles. The smallest absolute Gasteiger partial charge is 0.251 e. The van der Waals surface area contributed by atoms with Gasteiger partial charge >= 0.3 is 0 Å². The number of aryl methyl sites for hydroxylation is 1. The van der Waals surface area contributed by atoms with Gasteiger partial charge in [0, 0.05) is 55.7 Å². The molecule has 0 radical (unpaired) electrons. The maximum Gasteiger partial charge on any atom is 0.251 e. The third kappa shape index (κ3) is 7.98. The molecule has 11 heteroatoms. The first kappa shape index (κ1) is 29.9. The van der Waals surface area contributed by atoms with Crippen molar-refractivity contribution in [1.29, 1.82) is 0 Å². The zero-order valence-electron chi connectivity index (χ0n) is 23.3. The van der Waals surface area contributed by atoms with E-state index in [1.54, 1.807) is 22.6 Å². The van der Waals surface area contributed by atoms with Crippen LogP contribution in [0.2, 0.25) is 0 Å². The van der Waals surface area contributed by atoms with Crippen molar-refractivity contribution in [1.82, 2.24) is 20.4 Å². The fourth-order valence-corrected chi connectivity index (χ4v) is 6.55. The van der Waals surface area contributed by atoms with Gasteiger partial charge in [-0.2, -0.15) is 5.10 Å². The normalized spacial score (nSPS) is 17.2. The first-order valence-electron chi connectivity index (χ1n) is 14.0. The van der Waals surface area contributed by atoms with Gasteiger partial charge in [-0.15, -0.1) is 10.8 Å². The Morgan fingerprint density at radius 1 is 1.10 bits per heavy atom. The number of rotatable bonds is 13. The molecule has 10 nitrogen and oxygen atoms in total. The summed E-state index contributed by atoms with van der Waals surface area (Å²) in [6.07, 6.45) is 4.98. The van der Waals surface area contributed by atoms with Crippen LogP contribution in [0.25, 0.3) is 0 Å². The second-order valence-corrected chi connectivity index (χ2v) is 12.2. The molecule has 2 heterocycles. The first-order valence-corrected chi connectivity index (χ1v) is 15.6. The van der Waals surface area contributed by atoms with Crippen LogP contribution in [-0.4, -0.2) is 67.4 Å². The largest absolute Gasteiger partial charge is 0.390 e. The van der Waals surface area contributed by atoms with E-state index in [1.165, 1.54) is 0 Å². The number of aliphatic hydroxyl groups is 1. The molecule has 4 rings (SSSR count). The van der Waals surface area contributed by atoms with E-state index in [-0.39, 0.29) is 12.5 Å². The average molecular weight is 571 g/mol. The number of nitrogens with zero attached hydrogens (tertiary/aromatic N) is 3. The van der Waals surface area contributed by atoms with Gasteiger partial charge in [-0.1, -0.05) is 30.3 Å². The number of carbonyl (C=O) groups is 1. The molecule has 0 saturated carbocycles. The van der Waals surface area contributed by atoms with E-state index < -0.39 is 22.9 Å². The second-order valence-electron chi connectivity index (χ2n) is 10.1. The Hall–Kier alpha value is -3.09. The summed E-state index contributed by atoms with van der Waals surface area (Å²) in [5, 5.41) is 25.0. The van der Waals surface area contributed by atoms with Crippen LogP contribution in [0.15, 0.2) is 60.9 Å². The Morgan fingerprint density at radius 2 is 1.90 bits per heavy atom. The van der Waals surface area contributed by atoms with E-state index in [0.717, 1.165) is 36.2 Å². The molecule has 1 amide bonds. The number of carbonyl (C=O) groups excluding carboxylic acids is 1. The van der Waals surface area contributed by atoms with Gasteiger partial charge in [0.1, 0.15) is 0 Å². The van der Waals surface area contributed by atoms with E-state index >= 15 is 0 Å². The lowest BCUT2D eigenvalue weighted by molar-refractivity contribution is 0.0830. The third-order valence-electron chi connectivity index (χ3n) is 7.00. The van der Waals surface area contributed by atoms with Gasteiger partial charge in [-0.25, -0.2) is 0 Å². The minimum atomic E-state index is -2.94. The SMILES string of the molecule is CCNc1cc(C(=O)N[C@@H](Cc2ccccc2)[C@H](O)CNCc2cnn(CC)c2)cc(N2CCCCS2(O)O)c1. The van der Waals surface area contributed by atoms with Crippen molar-refractivity contribution in [3.8, 4) is 0 Å². The number of amides is 1. The molecule has 6 N–H and O–H groups in total. The first-order chi connectivity index (χ1) is 19.3. The van der Waals surface area contributed by atoms with Gasteiger partial charge in [-0.3, -0.25) is 22.9 Å². The molecule has 0 bridgehead atoms. The molecule has 1 fully saturated rings. The van der Waals surface area contributed by atoms with Gasteiger partial charge in [0.25, 0.3) is 5.91 Å². The Balaban J connectivity index is 1.52. The Kier molecular flexibility index (Phi) is 10.5. The molecule has 0 aliphatic carbocycles. The van der Waals surface area contributed by atoms with Crippen LogP contribution in [0.5, 0.6) is 0 Å². The van der Waals surface area contributed by atoms with Gasteiger partial charge in [0.15, 0.2) is 0 Å². The minimum absolute atomic E-state index is 0.284. The third-order valence-corrected chi connectivity index (χ3v) is 8.94. The van der Waals surface area contributed by atoms with Gasteiger partial charge in [0.2, 0.25) is 0 Å². The summed E-state index contributed by atoms with van der Waals surface area (Å²) in [4.78, 5) is 13.6. The van der Waals surface area contributed by atoms with Crippen LogP contribution in [-0.2, 0) is 19.5 Å². The summed E-state index contributed by atoms with van der Waals surface area (Å²) in [5.74, 6) is -0.0175. The van der Waals surface area contributed by atoms with Crippen LogP contribution in [0.1, 0.15) is 48.2 Å². The quantitative estimate of drug-likeness (QED) is 0.181. The molecule has 2 aromatic carbocycles. The number of aliphatic hydroxyl groups excluding tert-OH is 1. The molecule has 0 spiro atoms. The highest BCUT2D eigenvalue weighted by molar-refractivity contribution is 8.25. The maximum atomic E-state index is 13.6. The highest BCUT2D eigenvalue weighted by atomic mass is 32.3. The maximum absolute atomic E-state index is 13.6. The number of aromatic nitrogens is 2. The molecule has 40 heavy (non-hydrogen) atoms. The minimum Gasteiger partial charge on any atom is -0.390 e. The Labute approximate surface area is 238 Å². The van der Waals surface area contributed by atoms with Crippen molar-refractivity contribution in [2.75, 3.05) is 35.0 Å². The average Bonchev–Trinajstić information content (AvgIpc) is 3.41. The predicted molar refractivity (Wildman–Crippen MR) is 162 cm³/mol. The number of benzene rings is 2. The Bertz CT molecular complexity index is 1240. The molecule has 218 valence electrons. The number of hydrogen-bond acceptors (Lipinski definition) is 8. The van der Waals surface area contributed by atoms with Crippen molar-refractivity contribution < 1.29 is 19.0 Å². The molecule has 1 aromatic heterocycles. The lowest BCUT2D eigenvalue weighted by Gasteiger charge is -2.47. The Morgan fingerprint density at radius 3 is 2.60 bits per heavy atom. The van der Waals surface area contributed by atoms with Crippen molar-refractivity contribution >= 4 is 28.1 Å². The van der Waals surface area contributed by atoms with Crippen LogP contribution >= 0.6 is 10.8 Å². The summed E-state index contributed by atoms with van der Waals surface area (Å²) in [7, 11) is -2.94. The molecule has 0 unspecified atom stereocenters. The molecule has 1 aliphatic rings. The topological polar surface area (TPSA) is 135 Å². The number of hydrogen-bond donors (Lipinski definition) is 6. The number of anilines is 2. The highest BCUT2D eigenvalue weighted by Gasteiger charge is 2.28. The fraction of sp³-hybridized carbons (Fsp3) is 0.448.